The molecule has 2 saturated heterocycles. The zero-order valence-electron chi connectivity index (χ0n) is 18.1. The Kier molecular flexibility index (Phi) is 6.20. The number of nitro benzene ring substituents is 1. The van der Waals surface area contributed by atoms with Crippen LogP contribution in [0.5, 0.6) is 0 Å². The molecule has 1 spiro atoms. The van der Waals surface area contributed by atoms with Crippen molar-refractivity contribution < 1.29 is 18.1 Å². The van der Waals surface area contributed by atoms with Gasteiger partial charge in [-0.05, 0) is 49.1 Å². The predicted octanol–water partition coefficient (Wildman–Crippen LogP) is 4.72. The van der Waals surface area contributed by atoms with Crippen LogP contribution in [0.2, 0.25) is 0 Å². The first kappa shape index (κ1) is 22.6. The van der Waals surface area contributed by atoms with E-state index in [0.29, 0.717) is 32.5 Å². The van der Waals surface area contributed by atoms with Crippen molar-refractivity contribution in [2.75, 3.05) is 19.7 Å². The van der Waals surface area contributed by atoms with Gasteiger partial charge in [0.1, 0.15) is 0 Å². The van der Waals surface area contributed by atoms with E-state index in [1.54, 1.807) is 0 Å². The molecule has 0 bridgehead atoms. The summed E-state index contributed by atoms with van der Waals surface area (Å²) in [6, 6.07) is 15.5. The number of hydrogen-bond donors (Lipinski definition) is 0. The van der Waals surface area contributed by atoms with Crippen molar-refractivity contribution in [3.8, 4) is 0 Å². The third-order valence-electron chi connectivity index (χ3n) is 6.85. The molecule has 0 N–H and O–H groups in total. The first-order valence-electron chi connectivity index (χ1n) is 10.8. The zero-order chi connectivity index (χ0) is 22.9. The van der Waals surface area contributed by atoms with Crippen LogP contribution in [0.25, 0.3) is 0 Å². The lowest BCUT2D eigenvalue weighted by Gasteiger charge is -2.52. The van der Waals surface area contributed by atoms with Crippen molar-refractivity contribution in [3.05, 3.63) is 82.4 Å². The second-order valence-corrected chi connectivity index (χ2v) is 10.7. The number of ether oxygens (including phenoxy) is 1. The summed E-state index contributed by atoms with van der Waals surface area (Å²) in [6.45, 7) is 7.35. The maximum atomic E-state index is 13.5. The van der Waals surface area contributed by atoms with Gasteiger partial charge in [0.15, 0.2) is 4.90 Å². The summed E-state index contributed by atoms with van der Waals surface area (Å²) in [5.74, 6) is 0.162. The number of nitrogens with zero attached hydrogens (tertiary/aromatic N) is 2. The second-order valence-electron chi connectivity index (χ2n) is 8.84. The van der Waals surface area contributed by atoms with Crippen molar-refractivity contribution in [1.82, 2.24) is 4.31 Å². The third-order valence-corrected chi connectivity index (χ3v) is 8.75. The van der Waals surface area contributed by atoms with Gasteiger partial charge in [-0.1, -0.05) is 54.6 Å². The summed E-state index contributed by atoms with van der Waals surface area (Å²) in [7, 11) is -4.02. The molecule has 2 aliphatic rings. The Bertz CT molecular complexity index is 1120. The highest BCUT2D eigenvalue weighted by atomic mass is 32.2. The fourth-order valence-corrected chi connectivity index (χ4v) is 7.04. The molecule has 2 aromatic carbocycles. The second kappa shape index (κ2) is 8.77. The molecule has 0 unspecified atom stereocenters. The zero-order valence-corrected chi connectivity index (χ0v) is 19.0. The number of hydrogen-bond acceptors (Lipinski definition) is 5. The topological polar surface area (TPSA) is 89.8 Å². The number of piperidine rings is 1. The van der Waals surface area contributed by atoms with Gasteiger partial charge in [0.2, 0.25) is 10.0 Å². The summed E-state index contributed by atoms with van der Waals surface area (Å²) >= 11 is 0. The molecular weight excluding hydrogens is 428 g/mol. The predicted molar refractivity (Wildman–Crippen MR) is 122 cm³/mol. The first-order chi connectivity index (χ1) is 15.2. The average molecular weight is 457 g/mol. The molecule has 0 aliphatic carbocycles. The summed E-state index contributed by atoms with van der Waals surface area (Å²) < 4.78 is 34.6. The number of para-hydroxylation sites is 1. The van der Waals surface area contributed by atoms with Gasteiger partial charge in [-0.15, -0.1) is 0 Å². The SMILES string of the molecule is C=C(C)[C@@H]1CCN(S(=O)(=O)c2ccccc2[N+](=O)[O-])C[C@]12CCO[C@H](c1ccccc1)C2. The van der Waals surface area contributed by atoms with Crippen LogP contribution in [0.4, 0.5) is 5.69 Å². The number of rotatable bonds is 5. The quantitative estimate of drug-likeness (QED) is 0.369. The molecule has 7 nitrogen and oxygen atoms in total. The van der Waals surface area contributed by atoms with Crippen LogP contribution in [-0.2, 0) is 14.8 Å². The van der Waals surface area contributed by atoms with E-state index in [0.717, 1.165) is 17.6 Å². The molecule has 2 aromatic rings. The molecule has 3 atom stereocenters. The maximum absolute atomic E-state index is 13.5. The highest BCUT2D eigenvalue weighted by Crippen LogP contribution is 2.52. The van der Waals surface area contributed by atoms with Crippen molar-refractivity contribution in [1.29, 1.82) is 0 Å². The normalized spacial score (nSPS) is 26.7. The van der Waals surface area contributed by atoms with Crippen LogP contribution in [0.1, 0.15) is 37.9 Å². The van der Waals surface area contributed by atoms with E-state index < -0.39 is 20.6 Å². The lowest BCUT2D eigenvalue weighted by Crippen LogP contribution is -2.53. The van der Waals surface area contributed by atoms with E-state index >= 15 is 0 Å². The molecule has 2 fully saturated rings. The Morgan fingerprint density at radius 2 is 1.88 bits per heavy atom. The summed E-state index contributed by atoms with van der Waals surface area (Å²) in [4.78, 5) is 10.6. The Morgan fingerprint density at radius 3 is 2.56 bits per heavy atom. The number of nitro groups is 1. The van der Waals surface area contributed by atoms with E-state index in [1.165, 1.54) is 28.6 Å². The largest absolute Gasteiger partial charge is 0.373 e. The van der Waals surface area contributed by atoms with Crippen LogP contribution >= 0.6 is 0 Å². The van der Waals surface area contributed by atoms with Gasteiger partial charge in [-0.3, -0.25) is 10.1 Å². The molecule has 4 rings (SSSR count). The van der Waals surface area contributed by atoms with E-state index in [2.05, 4.69) is 6.58 Å². The molecule has 0 radical (unpaired) electrons. The minimum Gasteiger partial charge on any atom is -0.373 e. The van der Waals surface area contributed by atoms with E-state index in [9.17, 15) is 18.5 Å². The fraction of sp³-hybridized carbons (Fsp3) is 0.417. The van der Waals surface area contributed by atoms with Gasteiger partial charge in [-0.2, -0.15) is 4.31 Å². The third kappa shape index (κ3) is 4.10. The van der Waals surface area contributed by atoms with Gasteiger partial charge in [0.25, 0.3) is 5.69 Å². The molecule has 2 aliphatic heterocycles. The standard InChI is InChI=1S/C24H28N2O5S/c1-18(2)20-12-14-25(32(29,30)23-11-7-6-10-21(23)26(27)28)17-24(20)13-15-31-22(16-24)19-8-4-3-5-9-19/h3-11,20,22H,1,12-17H2,2H3/t20-,22-,24+/m0/s1. The highest BCUT2D eigenvalue weighted by Gasteiger charge is 2.50. The number of sulfonamides is 1. The Labute approximate surface area is 188 Å². The summed E-state index contributed by atoms with van der Waals surface area (Å²) in [5, 5.41) is 11.5. The van der Waals surface area contributed by atoms with Crippen LogP contribution < -0.4 is 0 Å². The lowest BCUT2D eigenvalue weighted by atomic mass is 9.63. The number of allylic oxidation sites excluding steroid dienone is 1. The molecule has 8 heteroatoms. The molecule has 32 heavy (non-hydrogen) atoms. The molecule has 0 aromatic heterocycles. The smallest absolute Gasteiger partial charge is 0.289 e. The molecule has 0 saturated carbocycles. The minimum absolute atomic E-state index is 0.125. The van der Waals surface area contributed by atoms with Crippen LogP contribution in [0.15, 0.2) is 71.6 Å². The molecule has 2 heterocycles. The first-order valence-corrected chi connectivity index (χ1v) is 12.2. The summed E-state index contributed by atoms with van der Waals surface area (Å²) in [6.07, 6.45) is 1.91. The minimum atomic E-state index is -4.02. The summed E-state index contributed by atoms with van der Waals surface area (Å²) in [5.41, 5.74) is 1.39. The van der Waals surface area contributed by atoms with Crippen LogP contribution in [-0.4, -0.2) is 37.3 Å². The Morgan fingerprint density at radius 1 is 1.19 bits per heavy atom. The number of benzene rings is 2. The van der Waals surface area contributed by atoms with Gasteiger partial charge in [0, 0.05) is 25.8 Å². The molecular formula is C24H28N2O5S. The van der Waals surface area contributed by atoms with Crippen molar-refractivity contribution in [3.63, 3.8) is 0 Å². The van der Waals surface area contributed by atoms with Crippen LogP contribution in [0, 0.1) is 21.4 Å². The molecule has 170 valence electrons. The Balaban J connectivity index is 1.70. The average Bonchev–Trinajstić information content (AvgIpc) is 2.79. The fourth-order valence-electron chi connectivity index (χ4n) is 5.34. The monoisotopic (exact) mass is 456 g/mol. The molecule has 0 amide bonds. The van der Waals surface area contributed by atoms with Gasteiger partial charge < -0.3 is 4.74 Å². The maximum Gasteiger partial charge on any atom is 0.289 e. The van der Waals surface area contributed by atoms with E-state index in [1.807, 2.05) is 37.3 Å². The van der Waals surface area contributed by atoms with Gasteiger partial charge in [-0.25, -0.2) is 8.42 Å². The van der Waals surface area contributed by atoms with Crippen molar-refractivity contribution in [2.45, 2.75) is 37.2 Å². The van der Waals surface area contributed by atoms with Crippen LogP contribution in [0.3, 0.4) is 0 Å². The van der Waals surface area contributed by atoms with Crippen molar-refractivity contribution >= 4 is 15.7 Å². The van der Waals surface area contributed by atoms with Crippen molar-refractivity contribution in [2.24, 2.45) is 11.3 Å². The van der Waals surface area contributed by atoms with E-state index in [-0.39, 0.29) is 22.3 Å². The lowest BCUT2D eigenvalue weighted by molar-refractivity contribution is -0.387. The van der Waals surface area contributed by atoms with Gasteiger partial charge in [0.05, 0.1) is 11.0 Å². The Hall–Kier alpha value is -2.55. The highest BCUT2D eigenvalue weighted by molar-refractivity contribution is 7.89. The van der Waals surface area contributed by atoms with Gasteiger partial charge >= 0.3 is 0 Å². The van der Waals surface area contributed by atoms with E-state index in [4.69, 9.17) is 4.74 Å².